The molecule has 222 valence electrons. The number of thioether (sulfide) groups is 1. The number of β-amino-alcohol motifs (C(OH)–C–C–N with tert-alkyl or cyclic N) is 1. The molecule has 2 aliphatic heterocycles. The largest absolute Gasteiger partial charge is 0.497 e. The fourth-order valence-electron chi connectivity index (χ4n) is 4.89. The summed E-state index contributed by atoms with van der Waals surface area (Å²) in [5, 5.41) is 12.4. The normalized spacial score (nSPS) is 19.3. The lowest BCUT2D eigenvalue weighted by Crippen LogP contribution is -2.56. The van der Waals surface area contributed by atoms with Crippen LogP contribution in [-0.2, 0) is 14.5 Å². The first-order chi connectivity index (χ1) is 18.4. The molecule has 12 heteroatoms. The fourth-order valence-corrected chi connectivity index (χ4v) is 6.31. The number of aliphatic hydroxyl groups excluding tert-OH is 1. The topological polar surface area (TPSA) is 94.6 Å². The van der Waals surface area contributed by atoms with E-state index < -0.39 is 4.87 Å². The molecule has 2 aromatic rings. The van der Waals surface area contributed by atoms with Gasteiger partial charge in [-0.3, -0.25) is 19.8 Å². The number of rotatable bonds is 12. The standard InChI is InChI=1S/C28H38N4O5S.2ClH/c1-21(34)20-29-28(27(35)30(2)24-7-4-5-8-26(24)38-28)23-19-22(36-3)9-10-25(23)37-18-6-11-31-12-14-32(15-13-31)16-17-33;;/h4-5,7-10,19,29,33H,6,11-18,20H2,1-3H3;2*1H. The molecule has 0 bridgehead atoms. The van der Waals surface area contributed by atoms with Crippen molar-refractivity contribution >= 4 is 54.0 Å². The number of piperazine rings is 1. The number of carbonyl (C=O) groups excluding carboxylic acids is 2. The molecule has 0 radical (unpaired) electrons. The van der Waals surface area contributed by atoms with Gasteiger partial charge in [-0.1, -0.05) is 23.9 Å². The van der Waals surface area contributed by atoms with Gasteiger partial charge in [-0.2, -0.15) is 0 Å². The number of hydrogen-bond donors (Lipinski definition) is 2. The van der Waals surface area contributed by atoms with Crippen LogP contribution >= 0.6 is 36.6 Å². The molecule has 0 spiro atoms. The number of Topliss-reactive ketones (excluding diaryl/α,β-unsaturated/α-hetero) is 1. The number of halogens is 2. The smallest absolute Gasteiger partial charge is 0.262 e. The SMILES string of the molecule is COc1ccc(OCCCN2CCN(CCO)CC2)c(C2(NCC(C)=O)Sc3ccccc3N(C)C2=O)c1.Cl.Cl. The molecule has 2 aliphatic rings. The van der Waals surface area contributed by atoms with Gasteiger partial charge in [-0.05, 0) is 43.7 Å². The number of methoxy groups -OCH3 is 1. The molecular weight excluding hydrogens is 575 g/mol. The second-order valence-electron chi connectivity index (χ2n) is 9.64. The van der Waals surface area contributed by atoms with Gasteiger partial charge in [-0.25, -0.2) is 0 Å². The third-order valence-electron chi connectivity index (χ3n) is 7.01. The minimum Gasteiger partial charge on any atom is -0.497 e. The number of fused-ring (bicyclic) bond motifs is 1. The molecule has 0 aliphatic carbocycles. The highest BCUT2D eigenvalue weighted by Gasteiger charge is 2.49. The zero-order valence-electron chi connectivity index (χ0n) is 23.3. The average Bonchev–Trinajstić information content (AvgIpc) is 2.93. The van der Waals surface area contributed by atoms with Gasteiger partial charge in [0.1, 0.15) is 17.3 Å². The van der Waals surface area contributed by atoms with Gasteiger partial charge in [0.15, 0.2) is 4.87 Å². The van der Waals surface area contributed by atoms with E-state index in [1.165, 1.54) is 18.7 Å². The molecule has 1 saturated heterocycles. The number of para-hydroxylation sites is 1. The summed E-state index contributed by atoms with van der Waals surface area (Å²) in [7, 11) is 3.35. The lowest BCUT2D eigenvalue weighted by Gasteiger charge is -2.41. The Hall–Kier alpha value is -2.05. The Morgan fingerprint density at radius 2 is 1.75 bits per heavy atom. The quantitative estimate of drug-likeness (QED) is 0.350. The average molecular weight is 616 g/mol. The van der Waals surface area contributed by atoms with E-state index in [9.17, 15) is 9.59 Å². The van der Waals surface area contributed by atoms with Crippen LogP contribution in [0.3, 0.4) is 0 Å². The molecule has 0 saturated carbocycles. The van der Waals surface area contributed by atoms with Gasteiger partial charge in [0.25, 0.3) is 5.91 Å². The van der Waals surface area contributed by atoms with Crippen LogP contribution in [0, 0.1) is 0 Å². The predicted octanol–water partition coefficient (Wildman–Crippen LogP) is 3.02. The molecule has 40 heavy (non-hydrogen) atoms. The Morgan fingerprint density at radius 1 is 1.07 bits per heavy atom. The van der Waals surface area contributed by atoms with E-state index in [-0.39, 0.29) is 49.7 Å². The summed E-state index contributed by atoms with van der Waals surface area (Å²) in [5.41, 5.74) is 1.46. The molecule has 2 N–H and O–H groups in total. The highest BCUT2D eigenvalue weighted by atomic mass is 35.5. The second kappa shape index (κ2) is 15.8. The Labute approximate surface area is 253 Å². The van der Waals surface area contributed by atoms with Crippen molar-refractivity contribution in [2.45, 2.75) is 23.1 Å². The molecule has 2 aromatic carbocycles. The number of anilines is 1. The number of aliphatic hydroxyl groups is 1. The third kappa shape index (κ3) is 7.82. The molecule has 1 atom stereocenters. The first-order valence-corrected chi connectivity index (χ1v) is 13.9. The molecular formula is C28H40Cl2N4O5S. The Balaban J connectivity index is 0.00000280. The van der Waals surface area contributed by atoms with E-state index in [0.29, 0.717) is 23.7 Å². The first kappa shape index (κ1) is 34.2. The van der Waals surface area contributed by atoms with Crippen molar-refractivity contribution in [3.8, 4) is 11.5 Å². The van der Waals surface area contributed by atoms with E-state index in [4.69, 9.17) is 14.6 Å². The molecule has 4 rings (SSSR count). The van der Waals surface area contributed by atoms with E-state index in [1.807, 2.05) is 42.5 Å². The molecule has 1 amide bonds. The molecule has 1 unspecified atom stereocenters. The summed E-state index contributed by atoms with van der Waals surface area (Å²) < 4.78 is 11.8. The Morgan fingerprint density at radius 3 is 2.40 bits per heavy atom. The van der Waals surface area contributed by atoms with Crippen LogP contribution in [0.2, 0.25) is 0 Å². The molecule has 0 aromatic heterocycles. The number of amides is 1. The maximum absolute atomic E-state index is 14.0. The number of hydrogen-bond acceptors (Lipinski definition) is 9. The van der Waals surface area contributed by atoms with Crippen LogP contribution in [0.1, 0.15) is 18.9 Å². The Kier molecular flexibility index (Phi) is 13.5. The van der Waals surface area contributed by atoms with Gasteiger partial charge < -0.3 is 24.4 Å². The second-order valence-corrected chi connectivity index (χ2v) is 10.9. The van der Waals surface area contributed by atoms with Crippen LogP contribution < -0.4 is 19.7 Å². The number of carbonyl (C=O) groups is 2. The summed E-state index contributed by atoms with van der Waals surface area (Å²) in [6.07, 6.45) is 0.836. The fraction of sp³-hybridized carbons (Fsp3) is 0.500. The maximum Gasteiger partial charge on any atom is 0.262 e. The minimum atomic E-state index is -1.26. The summed E-state index contributed by atoms with van der Waals surface area (Å²) >= 11 is 1.39. The van der Waals surface area contributed by atoms with Crippen molar-refractivity contribution in [3.63, 3.8) is 0 Å². The van der Waals surface area contributed by atoms with Gasteiger partial charge >= 0.3 is 0 Å². The zero-order valence-corrected chi connectivity index (χ0v) is 25.7. The van der Waals surface area contributed by atoms with Crippen LogP contribution in [0.4, 0.5) is 5.69 Å². The summed E-state index contributed by atoms with van der Waals surface area (Å²) in [4.78, 5) is 32.0. The number of nitrogens with one attached hydrogen (secondary N) is 1. The van der Waals surface area contributed by atoms with Crippen molar-refractivity contribution in [1.29, 1.82) is 0 Å². The van der Waals surface area contributed by atoms with Gasteiger partial charge in [0.05, 0.1) is 32.6 Å². The lowest BCUT2D eigenvalue weighted by atomic mass is 10.0. The van der Waals surface area contributed by atoms with E-state index >= 15 is 0 Å². The Bertz CT molecular complexity index is 1140. The summed E-state index contributed by atoms with van der Waals surface area (Å²) in [6, 6.07) is 13.2. The minimum absolute atomic E-state index is 0. The maximum atomic E-state index is 14.0. The van der Waals surface area contributed by atoms with Crippen LogP contribution in [0.5, 0.6) is 11.5 Å². The van der Waals surface area contributed by atoms with Crippen LogP contribution in [0.25, 0.3) is 0 Å². The first-order valence-electron chi connectivity index (χ1n) is 13.1. The van der Waals surface area contributed by atoms with E-state index in [1.54, 1.807) is 19.1 Å². The van der Waals surface area contributed by atoms with Crippen LogP contribution in [-0.4, -0.2) is 99.8 Å². The third-order valence-corrected chi connectivity index (χ3v) is 8.42. The van der Waals surface area contributed by atoms with Crippen molar-refractivity contribution in [2.24, 2.45) is 0 Å². The molecule has 1 fully saturated rings. The number of ether oxygens (including phenoxy) is 2. The van der Waals surface area contributed by atoms with Gasteiger partial charge in [0, 0.05) is 56.8 Å². The number of ketones is 1. The van der Waals surface area contributed by atoms with Crippen LogP contribution in [0.15, 0.2) is 47.4 Å². The molecule has 9 nitrogen and oxygen atoms in total. The highest BCUT2D eigenvalue weighted by Crippen LogP contribution is 2.51. The summed E-state index contributed by atoms with van der Waals surface area (Å²) in [6.45, 7) is 7.74. The van der Waals surface area contributed by atoms with Gasteiger partial charge in [0.2, 0.25) is 0 Å². The number of nitrogens with zero attached hydrogens (tertiary/aromatic N) is 3. The number of benzene rings is 2. The van der Waals surface area contributed by atoms with E-state index in [2.05, 4.69) is 15.1 Å². The number of likely N-dealkylation sites (N-methyl/N-ethyl adjacent to an activating group) is 1. The van der Waals surface area contributed by atoms with Crippen molar-refractivity contribution < 1.29 is 24.2 Å². The van der Waals surface area contributed by atoms with Crippen molar-refractivity contribution in [2.75, 3.05) is 78.1 Å². The van der Waals surface area contributed by atoms with E-state index in [0.717, 1.165) is 56.3 Å². The molecule has 2 heterocycles. The predicted molar refractivity (Wildman–Crippen MR) is 164 cm³/mol. The lowest BCUT2D eigenvalue weighted by molar-refractivity contribution is -0.122. The van der Waals surface area contributed by atoms with Crippen molar-refractivity contribution in [1.82, 2.24) is 15.1 Å². The highest BCUT2D eigenvalue weighted by molar-refractivity contribution is 8.01. The summed E-state index contributed by atoms with van der Waals surface area (Å²) in [5.74, 6) is 0.945. The van der Waals surface area contributed by atoms with Gasteiger partial charge in [-0.15, -0.1) is 24.8 Å². The zero-order chi connectivity index (χ0) is 27.1. The van der Waals surface area contributed by atoms with Crippen molar-refractivity contribution in [3.05, 3.63) is 48.0 Å². The monoisotopic (exact) mass is 614 g/mol.